The summed E-state index contributed by atoms with van der Waals surface area (Å²) in [5.74, 6) is 0.588. The third-order valence-electron chi connectivity index (χ3n) is 5.12. The highest BCUT2D eigenvalue weighted by Gasteiger charge is 2.16. The van der Waals surface area contributed by atoms with E-state index < -0.39 is 5.97 Å². The number of thioether (sulfide) groups is 1. The van der Waals surface area contributed by atoms with E-state index in [1.807, 2.05) is 53.3 Å². The predicted molar refractivity (Wildman–Crippen MR) is 130 cm³/mol. The summed E-state index contributed by atoms with van der Waals surface area (Å²) in [5, 5.41) is 1.94. The first kappa shape index (κ1) is 22.1. The highest BCUT2D eigenvalue weighted by molar-refractivity contribution is 7.98. The van der Waals surface area contributed by atoms with Gasteiger partial charge >= 0.3 is 5.97 Å². The van der Waals surface area contributed by atoms with Gasteiger partial charge in [0.1, 0.15) is 5.75 Å². The minimum atomic E-state index is -0.397. The zero-order chi connectivity index (χ0) is 22.7. The number of amides is 1. The maximum Gasteiger partial charge on any atom is 0.337 e. The zero-order valence-corrected chi connectivity index (χ0v) is 19.6. The van der Waals surface area contributed by atoms with Crippen LogP contribution in [0.25, 0.3) is 21.0 Å². The molecule has 164 valence electrons. The van der Waals surface area contributed by atoms with Crippen molar-refractivity contribution in [1.29, 1.82) is 0 Å². The van der Waals surface area contributed by atoms with Crippen molar-refractivity contribution in [2.24, 2.45) is 4.99 Å². The summed E-state index contributed by atoms with van der Waals surface area (Å²) in [7, 11) is 2.91. The number of hydrogen-bond donors (Lipinski definition) is 0. The van der Waals surface area contributed by atoms with Crippen LogP contribution in [0.2, 0.25) is 0 Å². The van der Waals surface area contributed by atoms with Crippen molar-refractivity contribution in [3.63, 3.8) is 0 Å². The van der Waals surface area contributed by atoms with E-state index >= 15 is 0 Å². The molecule has 4 aromatic rings. The molecule has 8 heteroatoms. The van der Waals surface area contributed by atoms with Crippen LogP contribution in [0.3, 0.4) is 0 Å². The molecular formula is C24H22N2O4S2. The minimum absolute atomic E-state index is 0.370. The number of nitrogens with zero attached hydrogens (tertiary/aromatic N) is 2. The standard InChI is InChI=1S/C24H22N2O4S2/c1-29-20-13-16-7-5-4-6-15(16)12-18(20)22(27)25-24-26(10-11-31-3)19-9-8-17(23(28)30-2)14-21(19)32-24/h4-9,12-14H,10-11H2,1-3H3. The number of ether oxygens (including phenoxy) is 2. The van der Waals surface area contributed by atoms with Crippen molar-refractivity contribution in [2.45, 2.75) is 6.54 Å². The van der Waals surface area contributed by atoms with Gasteiger partial charge in [-0.3, -0.25) is 4.79 Å². The number of aryl methyl sites for hydroxylation is 1. The Labute approximate surface area is 193 Å². The van der Waals surface area contributed by atoms with E-state index in [4.69, 9.17) is 9.47 Å². The molecule has 0 unspecified atom stereocenters. The minimum Gasteiger partial charge on any atom is -0.496 e. The van der Waals surface area contributed by atoms with Crippen molar-refractivity contribution < 1.29 is 19.1 Å². The first-order valence-corrected chi connectivity index (χ1v) is 12.1. The van der Waals surface area contributed by atoms with Gasteiger partial charge in [0, 0.05) is 12.3 Å². The number of thiazole rings is 1. The fourth-order valence-corrected chi connectivity index (χ4v) is 4.96. The number of aromatic nitrogens is 1. The largest absolute Gasteiger partial charge is 0.496 e. The smallest absolute Gasteiger partial charge is 0.337 e. The number of carbonyl (C=O) groups excluding carboxylic acids is 2. The Morgan fingerprint density at radius 3 is 2.50 bits per heavy atom. The molecule has 0 spiro atoms. The van der Waals surface area contributed by atoms with Gasteiger partial charge in [-0.15, -0.1) is 0 Å². The lowest BCUT2D eigenvalue weighted by molar-refractivity contribution is 0.0600. The molecule has 0 radical (unpaired) electrons. The van der Waals surface area contributed by atoms with E-state index in [0.29, 0.717) is 28.2 Å². The van der Waals surface area contributed by atoms with Crippen LogP contribution in [0, 0.1) is 0 Å². The van der Waals surface area contributed by atoms with Gasteiger partial charge in [-0.25, -0.2) is 4.79 Å². The molecule has 0 bridgehead atoms. The van der Waals surface area contributed by atoms with Crippen LogP contribution < -0.4 is 9.54 Å². The molecule has 1 aromatic heterocycles. The summed E-state index contributed by atoms with van der Waals surface area (Å²) in [6.45, 7) is 0.694. The lowest BCUT2D eigenvalue weighted by Crippen LogP contribution is -2.18. The zero-order valence-electron chi connectivity index (χ0n) is 18.0. The molecular weight excluding hydrogens is 444 g/mol. The fourth-order valence-electron chi connectivity index (χ4n) is 3.50. The lowest BCUT2D eigenvalue weighted by atomic mass is 10.1. The van der Waals surface area contributed by atoms with Crippen LogP contribution in [0.5, 0.6) is 5.75 Å². The lowest BCUT2D eigenvalue weighted by Gasteiger charge is -2.08. The number of esters is 1. The average Bonchev–Trinajstić information content (AvgIpc) is 3.16. The summed E-state index contributed by atoms with van der Waals surface area (Å²) in [6, 6.07) is 16.9. The van der Waals surface area contributed by atoms with Crippen molar-refractivity contribution in [3.8, 4) is 5.75 Å². The normalized spacial score (nSPS) is 11.8. The number of methoxy groups -OCH3 is 2. The molecule has 1 amide bonds. The van der Waals surface area contributed by atoms with E-state index in [1.165, 1.54) is 18.4 Å². The monoisotopic (exact) mass is 466 g/mol. The van der Waals surface area contributed by atoms with E-state index in [1.54, 1.807) is 31.0 Å². The Bertz CT molecular complexity index is 1390. The summed E-state index contributed by atoms with van der Waals surface area (Å²) >= 11 is 3.09. The van der Waals surface area contributed by atoms with Gasteiger partial charge in [0.25, 0.3) is 5.91 Å². The first-order chi connectivity index (χ1) is 15.5. The van der Waals surface area contributed by atoms with Crippen LogP contribution in [0.15, 0.2) is 59.6 Å². The number of hydrogen-bond acceptors (Lipinski definition) is 6. The van der Waals surface area contributed by atoms with Gasteiger partial charge in [0.15, 0.2) is 4.80 Å². The molecule has 0 atom stereocenters. The summed E-state index contributed by atoms with van der Waals surface area (Å²) in [4.78, 5) is 30.2. The van der Waals surface area contributed by atoms with Gasteiger partial charge in [-0.2, -0.15) is 16.8 Å². The molecule has 0 aliphatic heterocycles. The number of benzene rings is 3. The third kappa shape index (κ3) is 4.28. The van der Waals surface area contributed by atoms with Crippen molar-refractivity contribution >= 4 is 56.0 Å². The van der Waals surface area contributed by atoms with Gasteiger partial charge < -0.3 is 14.0 Å². The molecule has 3 aromatic carbocycles. The second-order valence-corrected chi connectivity index (χ2v) is 9.01. The van der Waals surface area contributed by atoms with E-state index in [-0.39, 0.29) is 5.91 Å². The molecule has 0 aliphatic carbocycles. The highest BCUT2D eigenvalue weighted by atomic mass is 32.2. The number of carbonyl (C=O) groups is 2. The molecule has 0 saturated heterocycles. The maximum atomic E-state index is 13.2. The summed E-state index contributed by atoms with van der Waals surface area (Å²) in [5.41, 5.74) is 1.80. The third-order valence-corrected chi connectivity index (χ3v) is 6.75. The second kappa shape index (κ2) is 9.58. The molecule has 6 nitrogen and oxygen atoms in total. The van der Waals surface area contributed by atoms with Gasteiger partial charge in [-0.05, 0) is 47.4 Å². The molecule has 4 rings (SSSR count). The van der Waals surface area contributed by atoms with Crippen LogP contribution in [-0.2, 0) is 11.3 Å². The second-order valence-electron chi connectivity index (χ2n) is 7.02. The van der Waals surface area contributed by atoms with Gasteiger partial charge in [0.05, 0.1) is 35.6 Å². The molecule has 32 heavy (non-hydrogen) atoms. The summed E-state index contributed by atoms with van der Waals surface area (Å²) in [6.07, 6.45) is 2.03. The topological polar surface area (TPSA) is 69.9 Å². The van der Waals surface area contributed by atoms with Crippen molar-refractivity contribution in [3.05, 3.63) is 70.5 Å². The van der Waals surface area contributed by atoms with E-state index in [2.05, 4.69) is 4.99 Å². The molecule has 0 fully saturated rings. The Kier molecular flexibility index (Phi) is 6.62. The molecule has 0 aliphatic rings. The number of fused-ring (bicyclic) bond motifs is 2. The van der Waals surface area contributed by atoms with Crippen molar-refractivity contribution in [1.82, 2.24) is 4.57 Å². The van der Waals surface area contributed by atoms with Crippen LogP contribution in [-0.4, -0.2) is 42.7 Å². The Morgan fingerprint density at radius 1 is 1.06 bits per heavy atom. The summed E-state index contributed by atoms with van der Waals surface area (Å²) < 4.78 is 13.2. The first-order valence-electron chi connectivity index (χ1n) is 9.92. The van der Waals surface area contributed by atoms with Crippen LogP contribution in [0.1, 0.15) is 20.7 Å². The quantitative estimate of drug-likeness (QED) is 0.384. The van der Waals surface area contributed by atoms with Crippen LogP contribution in [0.4, 0.5) is 0 Å². The maximum absolute atomic E-state index is 13.2. The van der Waals surface area contributed by atoms with Crippen molar-refractivity contribution in [2.75, 3.05) is 26.2 Å². The Morgan fingerprint density at radius 2 is 1.81 bits per heavy atom. The van der Waals surface area contributed by atoms with Gasteiger partial charge in [0.2, 0.25) is 0 Å². The van der Waals surface area contributed by atoms with E-state index in [0.717, 1.165) is 26.7 Å². The van der Waals surface area contributed by atoms with Gasteiger partial charge in [-0.1, -0.05) is 35.6 Å². The van der Waals surface area contributed by atoms with Crippen LogP contribution >= 0.6 is 23.1 Å². The SMILES string of the molecule is COC(=O)c1ccc2c(c1)sc(=NC(=O)c1cc3ccccc3cc1OC)n2CCSC. The highest BCUT2D eigenvalue weighted by Crippen LogP contribution is 2.27. The molecule has 1 heterocycles. The fraction of sp³-hybridized carbons (Fsp3) is 0.208. The number of rotatable bonds is 6. The molecule has 0 N–H and O–H groups in total. The van der Waals surface area contributed by atoms with E-state index in [9.17, 15) is 9.59 Å². The predicted octanol–water partition coefficient (Wildman–Crippen LogP) is 4.76. The Balaban J connectivity index is 1.85. The molecule has 0 saturated carbocycles. The average molecular weight is 467 g/mol. The Hall–Kier alpha value is -3.10.